The molecular weight excluding hydrogens is 283 g/mol. The second-order valence-corrected chi connectivity index (χ2v) is 4.57. The van der Waals surface area contributed by atoms with Crippen LogP contribution in [0.15, 0.2) is 53.6 Å². The number of hydrogen-bond donors (Lipinski definition) is 1. The van der Waals surface area contributed by atoms with Gasteiger partial charge < -0.3 is 0 Å². The van der Waals surface area contributed by atoms with Crippen LogP contribution in [0.3, 0.4) is 0 Å². The van der Waals surface area contributed by atoms with Crippen LogP contribution < -0.4 is 5.43 Å². The molecule has 1 amide bonds. The van der Waals surface area contributed by atoms with Crippen LogP contribution in [-0.4, -0.2) is 12.1 Å². The second kappa shape index (κ2) is 6.36. The molecule has 0 atom stereocenters. The third kappa shape index (κ3) is 3.81. The van der Waals surface area contributed by atoms with Crippen molar-refractivity contribution in [2.45, 2.75) is 0 Å². The summed E-state index contributed by atoms with van der Waals surface area (Å²) in [6, 6.07) is 13.9. The van der Waals surface area contributed by atoms with Crippen LogP contribution in [0.4, 0.5) is 0 Å². The number of benzene rings is 2. The first-order chi connectivity index (χ1) is 9.16. The van der Waals surface area contributed by atoms with E-state index in [1.54, 1.807) is 36.4 Å². The molecule has 0 heterocycles. The van der Waals surface area contributed by atoms with Crippen LogP contribution in [0.2, 0.25) is 10.0 Å². The minimum Gasteiger partial charge on any atom is -0.267 e. The Morgan fingerprint density at radius 2 is 1.89 bits per heavy atom. The van der Waals surface area contributed by atoms with E-state index in [9.17, 15) is 4.79 Å². The van der Waals surface area contributed by atoms with Crippen molar-refractivity contribution in [3.8, 4) is 0 Å². The van der Waals surface area contributed by atoms with E-state index in [1.165, 1.54) is 6.21 Å². The van der Waals surface area contributed by atoms with Crippen LogP contribution in [0, 0.1) is 0 Å². The third-order valence-electron chi connectivity index (χ3n) is 2.36. The van der Waals surface area contributed by atoms with Crippen LogP contribution in [0.1, 0.15) is 15.9 Å². The Bertz CT molecular complexity index is 626. The maximum atomic E-state index is 11.8. The smallest absolute Gasteiger partial charge is 0.267 e. The second-order valence-electron chi connectivity index (χ2n) is 3.73. The van der Waals surface area contributed by atoms with Crippen molar-refractivity contribution in [1.82, 2.24) is 5.43 Å². The van der Waals surface area contributed by atoms with E-state index in [4.69, 9.17) is 23.2 Å². The zero-order valence-corrected chi connectivity index (χ0v) is 11.3. The van der Waals surface area contributed by atoms with Crippen LogP contribution in [0.5, 0.6) is 0 Å². The van der Waals surface area contributed by atoms with Crippen molar-refractivity contribution >= 4 is 35.3 Å². The van der Waals surface area contributed by atoms with Gasteiger partial charge in [0.1, 0.15) is 0 Å². The van der Waals surface area contributed by atoms with Gasteiger partial charge in [-0.2, -0.15) is 5.10 Å². The number of rotatable bonds is 3. The fourth-order valence-corrected chi connectivity index (χ4v) is 1.81. The number of halogens is 2. The summed E-state index contributed by atoms with van der Waals surface area (Å²) < 4.78 is 0. The molecule has 2 aromatic carbocycles. The molecule has 96 valence electrons. The molecule has 5 heteroatoms. The molecule has 1 N–H and O–H groups in total. The number of nitrogens with zero attached hydrogens (tertiary/aromatic N) is 1. The van der Waals surface area contributed by atoms with E-state index in [0.29, 0.717) is 15.6 Å². The minimum atomic E-state index is -0.328. The van der Waals surface area contributed by atoms with Crippen molar-refractivity contribution in [3.63, 3.8) is 0 Å². The fraction of sp³-hybridized carbons (Fsp3) is 0. The summed E-state index contributed by atoms with van der Waals surface area (Å²) in [4.78, 5) is 11.8. The van der Waals surface area contributed by atoms with Gasteiger partial charge in [0.25, 0.3) is 5.91 Å². The van der Waals surface area contributed by atoms with Crippen LogP contribution in [-0.2, 0) is 0 Å². The third-order valence-corrected chi connectivity index (χ3v) is 2.94. The first kappa shape index (κ1) is 13.6. The van der Waals surface area contributed by atoms with E-state index < -0.39 is 0 Å². The zero-order chi connectivity index (χ0) is 13.7. The lowest BCUT2D eigenvalue weighted by atomic mass is 10.2. The molecule has 0 aromatic heterocycles. The highest BCUT2D eigenvalue weighted by molar-refractivity contribution is 6.33. The highest BCUT2D eigenvalue weighted by Gasteiger charge is 2.04. The highest BCUT2D eigenvalue weighted by Crippen LogP contribution is 2.12. The monoisotopic (exact) mass is 292 g/mol. The van der Waals surface area contributed by atoms with Gasteiger partial charge in [-0.3, -0.25) is 4.79 Å². The lowest BCUT2D eigenvalue weighted by Crippen LogP contribution is -2.17. The Hall–Kier alpha value is -1.84. The van der Waals surface area contributed by atoms with Gasteiger partial charge in [-0.25, -0.2) is 5.43 Å². The van der Waals surface area contributed by atoms with Gasteiger partial charge in [0.15, 0.2) is 0 Å². The average molecular weight is 293 g/mol. The van der Waals surface area contributed by atoms with Gasteiger partial charge in [-0.05, 0) is 24.3 Å². The SMILES string of the molecule is O=C(NN=Cc1ccccc1Cl)c1cccc(Cl)c1. The molecule has 0 saturated carbocycles. The largest absolute Gasteiger partial charge is 0.271 e. The summed E-state index contributed by atoms with van der Waals surface area (Å²) in [5.41, 5.74) is 3.60. The molecule has 0 bridgehead atoms. The lowest BCUT2D eigenvalue weighted by Gasteiger charge is -2.00. The van der Waals surface area contributed by atoms with E-state index in [-0.39, 0.29) is 5.91 Å². The zero-order valence-electron chi connectivity index (χ0n) is 9.81. The molecule has 0 aliphatic heterocycles. The Balaban J connectivity index is 2.03. The summed E-state index contributed by atoms with van der Waals surface area (Å²) in [5, 5.41) is 4.93. The Morgan fingerprint density at radius 1 is 1.11 bits per heavy atom. The number of hydrogen-bond acceptors (Lipinski definition) is 2. The molecule has 2 aromatic rings. The lowest BCUT2D eigenvalue weighted by molar-refractivity contribution is 0.0955. The summed E-state index contributed by atoms with van der Waals surface area (Å²) in [7, 11) is 0. The standard InChI is InChI=1S/C14H10Cl2N2O/c15-12-6-3-5-10(8-12)14(19)18-17-9-11-4-1-2-7-13(11)16/h1-9H,(H,18,19). The van der Waals surface area contributed by atoms with Crippen LogP contribution in [0.25, 0.3) is 0 Å². The van der Waals surface area contributed by atoms with E-state index in [1.807, 2.05) is 12.1 Å². The maximum Gasteiger partial charge on any atom is 0.271 e. The number of amides is 1. The molecule has 0 radical (unpaired) electrons. The van der Waals surface area contributed by atoms with Gasteiger partial charge in [-0.15, -0.1) is 0 Å². The minimum absolute atomic E-state index is 0.328. The van der Waals surface area contributed by atoms with Crippen molar-refractivity contribution in [1.29, 1.82) is 0 Å². The highest BCUT2D eigenvalue weighted by atomic mass is 35.5. The molecule has 2 rings (SSSR count). The van der Waals surface area contributed by atoms with Gasteiger partial charge >= 0.3 is 0 Å². The summed E-state index contributed by atoms with van der Waals surface area (Å²) >= 11 is 11.8. The molecule has 0 fully saturated rings. The fourth-order valence-electron chi connectivity index (χ4n) is 1.43. The van der Waals surface area contributed by atoms with E-state index >= 15 is 0 Å². The number of nitrogens with one attached hydrogen (secondary N) is 1. The summed E-state index contributed by atoms with van der Waals surface area (Å²) in [5.74, 6) is -0.328. The molecule has 3 nitrogen and oxygen atoms in total. The van der Waals surface area contributed by atoms with Crippen molar-refractivity contribution in [2.75, 3.05) is 0 Å². The van der Waals surface area contributed by atoms with Crippen LogP contribution >= 0.6 is 23.2 Å². The summed E-state index contributed by atoms with van der Waals surface area (Å²) in [6.07, 6.45) is 1.49. The summed E-state index contributed by atoms with van der Waals surface area (Å²) in [6.45, 7) is 0. The Morgan fingerprint density at radius 3 is 2.63 bits per heavy atom. The molecule has 0 aliphatic rings. The van der Waals surface area contributed by atoms with Crippen molar-refractivity contribution in [2.24, 2.45) is 5.10 Å². The molecular formula is C14H10Cl2N2O. The maximum absolute atomic E-state index is 11.8. The predicted molar refractivity (Wildman–Crippen MR) is 78.0 cm³/mol. The van der Waals surface area contributed by atoms with Crippen molar-refractivity contribution < 1.29 is 4.79 Å². The van der Waals surface area contributed by atoms with Gasteiger partial charge in [-0.1, -0.05) is 47.5 Å². The first-order valence-corrected chi connectivity index (χ1v) is 6.26. The van der Waals surface area contributed by atoms with E-state index in [0.717, 1.165) is 5.56 Å². The van der Waals surface area contributed by atoms with Gasteiger partial charge in [0.05, 0.1) is 6.21 Å². The molecule has 0 saturated heterocycles. The molecule has 0 aliphatic carbocycles. The molecule has 19 heavy (non-hydrogen) atoms. The van der Waals surface area contributed by atoms with Gasteiger partial charge in [0.2, 0.25) is 0 Å². The molecule has 0 unspecified atom stereocenters. The Labute approximate surface area is 120 Å². The van der Waals surface area contributed by atoms with E-state index in [2.05, 4.69) is 10.5 Å². The quantitative estimate of drug-likeness (QED) is 0.679. The Kier molecular flexibility index (Phi) is 4.55. The normalized spacial score (nSPS) is 10.6. The molecule has 0 spiro atoms. The predicted octanol–water partition coefficient (Wildman–Crippen LogP) is 3.76. The number of carbonyl (C=O) groups is 1. The average Bonchev–Trinajstić information content (AvgIpc) is 2.41. The first-order valence-electron chi connectivity index (χ1n) is 5.50. The van der Waals surface area contributed by atoms with Gasteiger partial charge in [0, 0.05) is 21.2 Å². The number of carbonyl (C=O) groups excluding carboxylic acids is 1. The number of hydrazone groups is 1. The van der Waals surface area contributed by atoms with Crippen molar-refractivity contribution in [3.05, 3.63) is 69.7 Å². The topological polar surface area (TPSA) is 41.5 Å².